The van der Waals surface area contributed by atoms with Crippen LogP contribution in [0.5, 0.6) is 0 Å². The molecule has 0 radical (unpaired) electrons. The summed E-state index contributed by atoms with van der Waals surface area (Å²) in [6.07, 6.45) is 1.62. The Morgan fingerprint density at radius 1 is 1.62 bits per heavy atom. The molecule has 1 saturated heterocycles. The van der Waals surface area contributed by atoms with Crippen LogP contribution in [0, 0.1) is 0 Å². The topological polar surface area (TPSA) is 48.1 Å². The molecule has 1 atom stereocenters. The molecule has 2 rings (SSSR count). The third-order valence-electron chi connectivity index (χ3n) is 2.74. The smallest absolute Gasteiger partial charge is 0.338 e. The van der Waals surface area contributed by atoms with Crippen molar-refractivity contribution in [3.8, 4) is 0 Å². The number of esters is 1. The third kappa shape index (κ3) is 1.34. The van der Waals surface area contributed by atoms with E-state index in [0.717, 1.165) is 19.4 Å². The predicted octanol–water partition coefficient (Wildman–Crippen LogP) is 0.496. The van der Waals surface area contributed by atoms with Crippen LogP contribution in [0.25, 0.3) is 0 Å². The lowest BCUT2D eigenvalue weighted by atomic mass is 9.79. The van der Waals surface area contributed by atoms with E-state index in [1.807, 2.05) is 6.92 Å². The minimum absolute atomic E-state index is 0.215. The third-order valence-corrected chi connectivity index (χ3v) is 2.74. The van der Waals surface area contributed by atoms with Gasteiger partial charge in [0.2, 0.25) is 0 Å². The molecule has 1 unspecified atom stereocenters. The molecule has 1 aliphatic heterocycles. The van der Waals surface area contributed by atoms with E-state index in [0.29, 0.717) is 0 Å². The molecule has 0 aromatic rings. The van der Waals surface area contributed by atoms with Crippen molar-refractivity contribution in [1.82, 2.24) is 0 Å². The summed E-state index contributed by atoms with van der Waals surface area (Å²) in [7, 11) is 1.39. The van der Waals surface area contributed by atoms with Crippen molar-refractivity contribution < 1.29 is 19.0 Å². The van der Waals surface area contributed by atoms with E-state index >= 15 is 0 Å². The fourth-order valence-corrected chi connectivity index (χ4v) is 1.95. The van der Waals surface area contributed by atoms with Gasteiger partial charge in [-0.15, -0.1) is 0 Å². The number of ether oxygens (including phenoxy) is 3. The van der Waals surface area contributed by atoms with E-state index in [1.54, 1.807) is 0 Å². The first kappa shape index (κ1) is 8.97. The number of rotatable bonds is 3. The summed E-state index contributed by atoms with van der Waals surface area (Å²) < 4.78 is 15.3. The van der Waals surface area contributed by atoms with Crippen molar-refractivity contribution >= 4 is 5.97 Å². The maximum absolute atomic E-state index is 11.1. The average Bonchev–Trinajstić information content (AvgIpc) is 2.78. The SMILES string of the molecule is CCOC1CC2(C1)OC2C(=O)OC. The molecular formula is C9H14O4. The normalized spacial score (nSPS) is 41.4. The highest BCUT2D eigenvalue weighted by Gasteiger charge is 2.68. The van der Waals surface area contributed by atoms with Crippen molar-refractivity contribution in [2.24, 2.45) is 0 Å². The lowest BCUT2D eigenvalue weighted by Crippen LogP contribution is -2.42. The second-order valence-electron chi connectivity index (χ2n) is 3.57. The summed E-state index contributed by atoms with van der Waals surface area (Å²) in [5.74, 6) is -0.255. The monoisotopic (exact) mass is 186 g/mol. The fourth-order valence-electron chi connectivity index (χ4n) is 1.95. The van der Waals surface area contributed by atoms with Gasteiger partial charge in [-0.05, 0) is 6.92 Å². The van der Waals surface area contributed by atoms with Crippen LogP contribution in [-0.4, -0.2) is 37.5 Å². The van der Waals surface area contributed by atoms with Crippen molar-refractivity contribution in [1.29, 1.82) is 0 Å². The molecule has 1 aliphatic carbocycles. The number of hydrogen-bond donors (Lipinski definition) is 0. The Hall–Kier alpha value is -0.610. The van der Waals surface area contributed by atoms with Gasteiger partial charge in [-0.25, -0.2) is 4.79 Å². The molecule has 2 aliphatic rings. The Labute approximate surface area is 77.1 Å². The molecule has 1 heterocycles. The molecule has 1 saturated carbocycles. The first-order valence-corrected chi connectivity index (χ1v) is 4.59. The van der Waals surface area contributed by atoms with Crippen molar-refractivity contribution in [3.05, 3.63) is 0 Å². The van der Waals surface area contributed by atoms with Crippen LogP contribution >= 0.6 is 0 Å². The molecule has 0 N–H and O–H groups in total. The highest BCUT2D eigenvalue weighted by Crippen LogP contribution is 2.53. The summed E-state index contributed by atoms with van der Waals surface area (Å²) in [6.45, 7) is 2.69. The Morgan fingerprint density at radius 3 is 2.85 bits per heavy atom. The summed E-state index contributed by atoms with van der Waals surface area (Å²) in [4.78, 5) is 11.1. The van der Waals surface area contributed by atoms with E-state index in [2.05, 4.69) is 4.74 Å². The van der Waals surface area contributed by atoms with Crippen LogP contribution in [0.15, 0.2) is 0 Å². The van der Waals surface area contributed by atoms with Gasteiger partial charge in [0.05, 0.1) is 13.2 Å². The first-order chi connectivity index (χ1) is 6.22. The molecule has 2 fully saturated rings. The van der Waals surface area contributed by atoms with Crippen LogP contribution in [0.4, 0.5) is 0 Å². The van der Waals surface area contributed by atoms with E-state index in [9.17, 15) is 4.79 Å². The van der Waals surface area contributed by atoms with Crippen LogP contribution in [-0.2, 0) is 19.0 Å². The Kier molecular flexibility index (Phi) is 2.04. The van der Waals surface area contributed by atoms with Crippen LogP contribution in [0.1, 0.15) is 19.8 Å². The van der Waals surface area contributed by atoms with Crippen molar-refractivity contribution in [2.45, 2.75) is 37.6 Å². The number of hydrogen-bond acceptors (Lipinski definition) is 4. The van der Waals surface area contributed by atoms with Gasteiger partial charge in [0, 0.05) is 19.4 Å². The molecule has 74 valence electrons. The predicted molar refractivity (Wildman–Crippen MR) is 44.3 cm³/mol. The summed E-state index contributed by atoms with van der Waals surface area (Å²) in [6, 6.07) is 0. The van der Waals surface area contributed by atoms with Gasteiger partial charge in [0.1, 0.15) is 5.60 Å². The van der Waals surface area contributed by atoms with E-state index in [1.165, 1.54) is 7.11 Å². The second-order valence-corrected chi connectivity index (χ2v) is 3.57. The zero-order chi connectivity index (χ0) is 9.47. The van der Waals surface area contributed by atoms with Crippen molar-refractivity contribution in [2.75, 3.05) is 13.7 Å². The highest BCUT2D eigenvalue weighted by molar-refractivity contribution is 5.79. The van der Waals surface area contributed by atoms with Crippen LogP contribution in [0.3, 0.4) is 0 Å². The first-order valence-electron chi connectivity index (χ1n) is 4.59. The summed E-state index contributed by atoms with van der Waals surface area (Å²) in [5, 5.41) is 0. The van der Waals surface area contributed by atoms with Gasteiger partial charge in [0.25, 0.3) is 0 Å². The van der Waals surface area contributed by atoms with Crippen LogP contribution < -0.4 is 0 Å². The van der Waals surface area contributed by atoms with Gasteiger partial charge >= 0.3 is 5.97 Å². The summed E-state index contributed by atoms with van der Waals surface area (Å²) >= 11 is 0. The van der Waals surface area contributed by atoms with Gasteiger partial charge in [0.15, 0.2) is 6.10 Å². The van der Waals surface area contributed by atoms with E-state index in [4.69, 9.17) is 9.47 Å². The summed E-state index contributed by atoms with van der Waals surface area (Å²) in [5.41, 5.74) is -0.215. The van der Waals surface area contributed by atoms with Crippen molar-refractivity contribution in [3.63, 3.8) is 0 Å². The number of carbonyl (C=O) groups excluding carboxylic acids is 1. The molecule has 13 heavy (non-hydrogen) atoms. The molecule has 1 spiro atoms. The van der Waals surface area contributed by atoms with Gasteiger partial charge < -0.3 is 14.2 Å². The Morgan fingerprint density at radius 2 is 2.31 bits per heavy atom. The largest absolute Gasteiger partial charge is 0.467 e. The van der Waals surface area contributed by atoms with Gasteiger partial charge in [-0.2, -0.15) is 0 Å². The second kappa shape index (κ2) is 2.96. The van der Waals surface area contributed by atoms with Gasteiger partial charge in [-0.3, -0.25) is 0 Å². The maximum Gasteiger partial charge on any atom is 0.338 e. The molecule has 0 aromatic carbocycles. The number of epoxide rings is 1. The lowest BCUT2D eigenvalue weighted by Gasteiger charge is -2.32. The molecular weight excluding hydrogens is 172 g/mol. The highest BCUT2D eigenvalue weighted by atomic mass is 16.7. The molecule has 4 heteroatoms. The molecule has 0 bridgehead atoms. The Balaban J connectivity index is 1.78. The lowest BCUT2D eigenvalue weighted by molar-refractivity contribution is -0.142. The molecule has 0 amide bonds. The maximum atomic E-state index is 11.1. The van der Waals surface area contributed by atoms with E-state index < -0.39 is 0 Å². The quantitative estimate of drug-likeness (QED) is 0.475. The van der Waals surface area contributed by atoms with Gasteiger partial charge in [-0.1, -0.05) is 0 Å². The average molecular weight is 186 g/mol. The van der Waals surface area contributed by atoms with Crippen LogP contribution in [0.2, 0.25) is 0 Å². The minimum Gasteiger partial charge on any atom is -0.467 e. The van der Waals surface area contributed by atoms with E-state index in [-0.39, 0.29) is 23.8 Å². The minimum atomic E-state index is -0.325. The molecule has 0 aromatic heterocycles. The molecule has 4 nitrogen and oxygen atoms in total. The number of carbonyl (C=O) groups is 1. The zero-order valence-electron chi connectivity index (χ0n) is 7.91. The zero-order valence-corrected chi connectivity index (χ0v) is 7.91. The standard InChI is InChI=1S/C9H14O4/c1-3-12-6-4-9(5-6)7(13-9)8(10)11-2/h6-7H,3-5H2,1-2H3. The Bertz CT molecular complexity index is 220. The number of methoxy groups -OCH3 is 1. The fraction of sp³-hybridized carbons (Fsp3) is 0.889.